The predicted molar refractivity (Wildman–Crippen MR) is 124 cm³/mol. The maximum Gasteiger partial charge on any atom is 0.220 e. The van der Waals surface area contributed by atoms with Gasteiger partial charge in [0.1, 0.15) is 5.82 Å². The molecule has 1 amide bonds. The van der Waals surface area contributed by atoms with Gasteiger partial charge in [0.2, 0.25) is 5.91 Å². The second-order valence-electron chi connectivity index (χ2n) is 7.91. The van der Waals surface area contributed by atoms with Crippen LogP contribution >= 0.6 is 11.6 Å². The van der Waals surface area contributed by atoms with E-state index in [0.29, 0.717) is 13.0 Å². The van der Waals surface area contributed by atoms with Gasteiger partial charge >= 0.3 is 0 Å². The number of nitrogens with zero attached hydrogens (tertiary/aromatic N) is 3. The molecule has 160 valence electrons. The quantitative estimate of drug-likeness (QED) is 0.496. The third-order valence-corrected chi connectivity index (χ3v) is 5.43. The number of para-hydroxylation sites is 2. The average molecular weight is 427 g/mol. The normalized spacial score (nSPS) is 11.3. The van der Waals surface area contributed by atoms with Gasteiger partial charge in [0.05, 0.1) is 11.0 Å². The molecule has 1 heterocycles. The fourth-order valence-electron chi connectivity index (χ4n) is 3.62. The van der Waals surface area contributed by atoms with Gasteiger partial charge in [-0.1, -0.05) is 35.9 Å². The zero-order valence-corrected chi connectivity index (χ0v) is 18.7. The predicted octanol–water partition coefficient (Wildman–Crippen LogP) is 4.32. The number of carbonyl (C=O) groups excluding carboxylic acids is 1. The maximum atomic E-state index is 12.2. The lowest BCUT2D eigenvalue weighted by molar-refractivity contribution is -0.121. The number of nitrogens with one attached hydrogen (secondary N) is 1. The Morgan fingerprint density at radius 3 is 2.60 bits per heavy atom. The lowest BCUT2D eigenvalue weighted by atomic mass is 10.1. The van der Waals surface area contributed by atoms with Crippen molar-refractivity contribution in [3.63, 3.8) is 0 Å². The van der Waals surface area contributed by atoms with Crippen molar-refractivity contribution in [2.75, 3.05) is 27.2 Å². The molecule has 3 rings (SSSR count). The first kappa shape index (κ1) is 22.3. The summed E-state index contributed by atoms with van der Waals surface area (Å²) in [5.41, 5.74) is 3.39. The molecule has 0 spiro atoms. The van der Waals surface area contributed by atoms with Crippen LogP contribution < -0.4 is 5.32 Å². The molecule has 1 N–H and O–H groups in total. The number of imidazole rings is 1. The molecule has 0 radical (unpaired) electrons. The summed E-state index contributed by atoms with van der Waals surface area (Å²) in [5, 5.41) is 3.79. The molecule has 0 saturated carbocycles. The van der Waals surface area contributed by atoms with Crippen molar-refractivity contribution in [2.24, 2.45) is 0 Å². The molecule has 30 heavy (non-hydrogen) atoms. The molecule has 0 atom stereocenters. The van der Waals surface area contributed by atoms with Crippen molar-refractivity contribution in [3.05, 3.63) is 64.9 Å². The minimum absolute atomic E-state index is 0.0965. The van der Waals surface area contributed by atoms with E-state index in [0.717, 1.165) is 55.1 Å². The van der Waals surface area contributed by atoms with Gasteiger partial charge in [0, 0.05) is 31.0 Å². The highest BCUT2D eigenvalue weighted by atomic mass is 35.5. The standard InChI is InChI=1S/C24H31ClN4O/c1-28(2)17-6-18-29-22-9-4-3-8-21(22)27-23(29)15-16-26-24(30)10-5-7-19-11-13-20(25)14-12-19/h3-4,8-9,11-14H,5-7,10,15-18H2,1-2H3,(H,26,30). The second kappa shape index (κ2) is 11.1. The van der Waals surface area contributed by atoms with Crippen LogP contribution in [0.5, 0.6) is 0 Å². The average Bonchev–Trinajstić information content (AvgIpc) is 3.07. The summed E-state index contributed by atoms with van der Waals surface area (Å²) < 4.78 is 2.30. The van der Waals surface area contributed by atoms with Crippen LogP contribution in [0.15, 0.2) is 48.5 Å². The van der Waals surface area contributed by atoms with Crippen LogP contribution in [0.1, 0.15) is 30.7 Å². The number of rotatable bonds is 11. The van der Waals surface area contributed by atoms with Gasteiger partial charge in [-0.05, 0) is 69.7 Å². The Hall–Kier alpha value is -2.37. The van der Waals surface area contributed by atoms with Crippen LogP contribution in [0.4, 0.5) is 0 Å². The van der Waals surface area contributed by atoms with Crippen molar-refractivity contribution < 1.29 is 4.79 Å². The number of amides is 1. The number of benzene rings is 2. The van der Waals surface area contributed by atoms with E-state index in [1.807, 2.05) is 30.3 Å². The second-order valence-corrected chi connectivity index (χ2v) is 8.34. The number of halogens is 1. The molecule has 2 aromatic carbocycles. The fraction of sp³-hybridized carbons (Fsp3) is 0.417. The molecular weight excluding hydrogens is 396 g/mol. The molecule has 0 aliphatic heterocycles. The summed E-state index contributed by atoms with van der Waals surface area (Å²) in [7, 11) is 4.19. The van der Waals surface area contributed by atoms with E-state index in [2.05, 4.69) is 47.1 Å². The molecule has 0 aliphatic carbocycles. The molecular formula is C24H31ClN4O. The summed E-state index contributed by atoms with van der Waals surface area (Å²) in [4.78, 5) is 19.2. The Morgan fingerprint density at radius 2 is 1.83 bits per heavy atom. The molecule has 6 heteroatoms. The molecule has 0 fully saturated rings. The first-order chi connectivity index (χ1) is 14.5. The molecule has 3 aromatic rings. The van der Waals surface area contributed by atoms with Crippen LogP contribution in [-0.2, 0) is 24.2 Å². The monoisotopic (exact) mass is 426 g/mol. The first-order valence-electron chi connectivity index (χ1n) is 10.6. The highest BCUT2D eigenvalue weighted by Gasteiger charge is 2.11. The minimum atomic E-state index is 0.0965. The molecule has 0 saturated heterocycles. The van der Waals surface area contributed by atoms with Gasteiger partial charge in [-0.25, -0.2) is 4.98 Å². The highest BCUT2D eigenvalue weighted by Crippen LogP contribution is 2.17. The lowest BCUT2D eigenvalue weighted by Crippen LogP contribution is -2.26. The van der Waals surface area contributed by atoms with E-state index in [9.17, 15) is 4.79 Å². The van der Waals surface area contributed by atoms with Crippen molar-refractivity contribution in [1.29, 1.82) is 0 Å². The van der Waals surface area contributed by atoms with Crippen LogP contribution in [0.25, 0.3) is 11.0 Å². The number of hydrogen-bond donors (Lipinski definition) is 1. The van der Waals surface area contributed by atoms with Crippen LogP contribution in [-0.4, -0.2) is 47.5 Å². The number of aryl methyl sites for hydroxylation is 2. The Labute approximate surface area is 184 Å². The smallest absolute Gasteiger partial charge is 0.220 e. The highest BCUT2D eigenvalue weighted by molar-refractivity contribution is 6.30. The Balaban J connectivity index is 1.48. The van der Waals surface area contributed by atoms with Gasteiger partial charge in [0.25, 0.3) is 0 Å². The summed E-state index contributed by atoms with van der Waals surface area (Å²) in [6.07, 6.45) is 4.04. The van der Waals surface area contributed by atoms with Gasteiger partial charge in [-0.3, -0.25) is 4.79 Å². The largest absolute Gasteiger partial charge is 0.356 e. The number of hydrogen-bond acceptors (Lipinski definition) is 3. The zero-order chi connectivity index (χ0) is 21.3. The van der Waals surface area contributed by atoms with Gasteiger partial charge in [-0.15, -0.1) is 0 Å². The van der Waals surface area contributed by atoms with E-state index in [4.69, 9.17) is 16.6 Å². The SMILES string of the molecule is CN(C)CCCn1c(CCNC(=O)CCCc2ccc(Cl)cc2)nc2ccccc21. The summed E-state index contributed by atoms with van der Waals surface area (Å²) in [6, 6.07) is 16.1. The third-order valence-electron chi connectivity index (χ3n) is 5.17. The fourth-order valence-corrected chi connectivity index (χ4v) is 3.74. The molecule has 0 unspecified atom stereocenters. The van der Waals surface area contributed by atoms with Crippen molar-refractivity contribution in [2.45, 2.75) is 38.6 Å². The Kier molecular flexibility index (Phi) is 8.29. The summed E-state index contributed by atoms with van der Waals surface area (Å²) in [6.45, 7) is 2.58. The van der Waals surface area contributed by atoms with Gasteiger partial charge < -0.3 is 14.8 Å². The first-order valence-corrected chi connectivity index (χ1v) is 11.0. The van der Waals surface area contributed by atoms with E-state index in [1.165, 1.54) is 11.1 Å². The maximum absolute atomic E-state index is 12.2. The third kappa shape index (κ3) is 6.57. The number of aromatic nitrogens is 2. The van der Waals surface area contributed by atoms with E-state index in [1.54, 1.807) is 0 Å². The van der Waals surface area contributed by atoms with E-state index >= 15 is 0 Å². The number of carbonyl (C=O) groups is 1. The minimum Gasteiger partial charge on any atom is -0.356 e. The van der Waals surface area contributed by atoms with Crippen molar-refractivity contribution >= 4 is 28.5 Å². The summed E-state index contributed by atoms with van der Waals surface area (Å²) in [5.74, 6) is 1.13. The lowest BCUT2D eigenvalue weighted by Gasteiger charge is -2.13. The van der Waals surface area contributed by atoms with Crippen molar-refractivity contribution in [3.8, 4) is 0 Å². The van der Waals surface area contributed by atoms with E-state index in [-0.39, 0.29) is 5.91 Å². The van der Waals surface area contributed by atoms with Crippen LogP contribution in [0.3, 0.4) is 0 Å². The Bertz CT molecular complexity index is 949. The molecule has 5 nitrogen and oxygen atoms in total. The molecule has 0 aliphatic rings. The van der Waals surface area contributed by atoms with E-state index < -0.39 is 0 Å². The van der Waals surface area contributed by atoms with Crippen LogP contribution in [0.2, 0.25) is 5.02 Å². The molecule has 0 bridgehead atoms. The number of fused-ring (bicyclic) bond motifs is 1. The Morgan fingerprint density at radius 1 is 1.07 bits per heavy atom. The van der Waals surface area contributed by atoms with Crippen molar-refractivity contribution in [1.82, 2.24) is 19.8 Å². The zero-order valence-electron chi connectivity index (χ0n) is 17.9. The van der Waals surface area contributed by atoms with Gasteiger partial charge in [0.15, 0.2) is 0 Å². The van der Waals surface area contributed by atoms with Gasteiger partial charge in [-0.2, -0.15) is 0 Å². The summed E-state index contributed by atoms with van der Waals surface area (Å²) >= 11 is 5.91. The van der Waals surface area contributed by atoms with Crippen LogP contribution in [0, 0.1) is 0 Å². The molecule has 1 aromatic heterocycles. The topological polar surface area (TPSA) is 50.2 Å².